The minimum atomic E-state index is -0.527. The summed E-state index contributed by atoms with van der Waals surface area (Å²) in [5.74, 6) is -0.836. The Morgan fingerprint density at radius 1 is 1.16 bits per heavy atom. The van der Waals surface area contributed by atoms with Crippen molar-refractivity contribution in [2.45, 2.75) is 33.6 Å². The maximum atomic E-state index is 13.6. The van der Waals surface area contributed by atoms with Gasteiger partial charge in [0.2, 0.25) is 0 Å². The number of benzene rings is 1. The van der Waals surface area contributed by atoms with Crippen LogP contribution in [0.15, 0.2) is 12.1 Å². The summed E-state index contributed by atoms with van der Waals surface area (Å²) in [6, 6.07) is 2.45. The lowest BCUT2D eigenvalue weighted by atomic mass is 9.88. The third-order valence-electron chi connectivity index (χ3n) is 2.48. The van der Waals surface area contributed by atoms with E-state index in [0.29, 0.717) is 6.42 Å². The second-order valence-corrected chi connectivity index (χ2v) is 5.21. The summed E-state index contributed by atoms with van der Waals surface area (Å²) in [4.78, 5) is 16.2. The summed E-state index contributed by atoms with van der Waals surface area (Å²) in [5.41, 5.74) is 0.217. The zero-order valence-corrected chi connectivity index (χ0v) is 11.5. The number of hydrogen-bond acceptors (Lipinski definition) is 3. The molecule has 0 aliphatic heterocycles. The van der Waals surface area contributed by atoms with Crippen LogP contribution in [0.5, 0.6) is 5.75 Å². The number of ether oxygens (including phenoxy) is 1. The Morgan fingerprint density at radius 2 is 1.58 bits per heavy atom. The third-order valence-corrected chi connectivity index (χ3v) is 2.48. The maximum absolute atomic E-state index is 13.6. The molecule has 0 atom stereocenters. The molecule has 1 rings (SSSR count). The average Bonchev–Trinajstić information content (AvgIpc) is 2.27. The summed E-state index contributed by atoms with van der Waals surface area (Å²) in [6.07, 6.45) is 1.40. The Balaban J connectivity index is 0.000000982. The molecule has 0 amide bonds. The summed E-state index contributed by atoms with van der Waals surface area (Å²) < 4.78 is 31.9. The van der Waals surface area contributed by atoms with E-state index in [9.17, 15) is 8.78 Å². The van der Waals surface area contributed by atoms with Crippen molar-refractivity contribution >= 4 is 6.15 Å². The molecule has 19 heavy (non-hydrogen) atoms. The molecule has 0 N–H and O–H groups in total. The Hall–Kier alpha value is -1.74. The highest BCUT2D eigenvalue weighted by molar-refractivity contribution is 5.30. The topological polar surface area (TPSA) is 43.4 Å². The van der Waals surface area contributed by atoms with Gasteiger partial charge in [-0.05, 0) is 18.3 Å². The van der Waals surface area contributed by atoms with E-state index >= 15 is 0 Å². The molecule has 1 aromatic carbocycles. The van der Waals surface area contributed by atoms with Crippen molar-refractivity contribution in [3.05, 3.63) is 29.3 Å². The van der Waals surface area contributed by atoms with Crippen LogP contribution >= 0.6 is 0 Å². The molecule has 5 heteroatoms. The van der Waals surface area contributed by atoms with Crippen molar-refractivity contribution < 1.29 is 23.1 Å². The molecule has 0 unspecified atom stereocenters. The SMILES string of the molecule is COc1cc(F)c(CCC(C)(C)C)c(F)c1.O=C=O. The highest BCUT2D eigenvalue weighted by atomic mass is 19.1. The molecule has 0 radical (unpaired) electrons. The van der Waals surface area contributed by atoms with Gasteiger partial charge in [0, 0.05) is 17.7 Å². The fraction of sp³-hybridized carbons (Fsp3) is 0.500. The van der Waals surface area contributed by atoms with Crippen molar-refractivity contribution in [3.63, 3.8) is 0 Å². The van der Waals surface area contributed by atoms with Crippen LogP contribution in [0.2, 0.25) is 0 Å². The van der Waals surface area contributed by atoms with E-state index in [1.807, 2.05) is 20.8 Å². The molecule has 106 valence electrons. The normalized spacial score (nSPS) is 10.2. The molecule has 0 saturated heterocycles. The van der Waals surface area contributed by atoms with Gasteiger partial charge in [-0.1, -0.05) is 20.8 Å². The molecule has 0 spiro atoms. The first-order valence-corrected chi connectivity index (χ1v) is 5.76. The van der Waals surface area contributed by atoms with Crippen molar-refractivity contribution in [3.8, 4) is 5.75 Å². The van der Waals surface area contributed by atoms with Gasteiger partial charge in [0.05, 0.1) is 7.11 Å². The van der Waals surface area contributed by atoms with Crippen LogP contribution in [0.1, 0.15) is 32.8 Å². The average molecular weight is 272 g/mol. The monoisotopic (exact) mass is 272 g/mol. The number of hydrogen-bond donors (Lipinski definition) is 0. The van der Waals surface area contributed by atoms with E-state index in [-0.39, 0.29) is 22.9 Å². The van der Waals surface area contributed by atoms with Gasteiger partial charge in [-0.2, -0.15) is 9.59 Å². The molecule has 0 aromatic heterocycles. The van der Waals surface area contributed by atoms with E-state index in [1.54, 1.807) is 0 Å². The number of methoxy groups -OCH3 is 1. The molecular formula is C14H18F2O3. The lowest BCUT2D eigenvalue weighted by molar-refractivity contribution is -0.191. The second kappa shape index (κ2) is 7.64. The van der Waals surface area contributed by atoms with Crippen molar-refractivity contribution in [2.75, 3.05) is 7.11 Å². The molecule has 3 nitrogen and oxygen atoms in total. The molecule has 0 fully saturated rings. The third kappa shape index (κ3) is 6.67. The van der Waals surface area contributed by atoms with Crippen molar-refractivity contribution in [1.29, 1.82) is 0 Å². The quantitative estimate of drug-likeness (QED) is 0.847. The van der Waals surface area contributed by atoms with Crippen LogP contribution in [0.3, 0.4) is 0 Å². The van der Waals surface area contributed by atoms with Gasteiger partial charge >= 0.3 is 6.15 Å². The van der Waals surface area contributed by atoms with Crippen LogP contribution in [0.25, 0.3) is 0 Å². The minimum absolute atomic E-state index is 0.0683. The van der Waals surface area contributed by atoms with Gasteiger partial charge in [0.25, 0.3) is 0 Å². The molecule has 0 heterocycles. The van der Waals surface area contributed by atoms with E-state index in [0.717, 1.165) is 6.42 Å². The lowest BCUT2D eigenvalue weighted by Gasteiger charge is -2.18. The van der Waals surface area contributed by atoms with Crippen LogP contribution in [-0.2, 0) is 16.0 Å². The highest BCUT2D eigenvalue weighted by Crippen LogP contribution is 2.26. The summed E-state index contributed by atoms with van der Waals surface area (Å²) in [7, 11) is 1.39. The Kier molecular flexibility index (Phi) is 6.94. The Bertz CT molecular complexity index is 421. The fourth-order valence-corrected chi connectivity index (χ4v) is 1.44. The first-order valence-electron chi connectivity index (χ1n) is 5.76. The van der Waals surface area contributed by atoms with Crippen LogP contribution in [-0.4, -0.2) is 13.3 Å². The van der Waals surface area contributed by atoms with E-state index in [1.165, 1.54) is 19.2 Å². The summed E-state index contributed by atoms with van der Waals surface area (Å²) in [5, 5.41) is 0. The predicted molar refractivity (Wildman–Crippen MR) is 65.7 cm³/mol. The van der Waals surface area contributed by atoms with Crippen LogP contribution < -0.4 is 4.74 Å². The molecule has 0 saturated carbocycles. The highest BCUT2D eigenvalue weighted by Gasteiger charge is 2.16. The van der Waals surface area contributed by atoms with E-state index in [4.69, 9.17) is 14.3 Å². The number of halogens is 2. The molecule has 0 aliphatic rings. The fourth-order valence-electron chi connectivity index (χ4n) is 1.44. The predicted octanol–water partition coefficient (Wildman–Crippen LogP) is 3.37. The van der Waals surface area contributed by atoms with Gasteiger partial charge in [0.15, 0.2) is 0 Å². The van der Waals surface area contributed by atoms with Crippen LogP contribution in [0, 0.1) is 17.0 Å². The van der Waals surface area contributed by atoms with Crippen molar-refractivity contribution in [1.82, 2.24) is 0 Å². The summed E-state index contributed by atoms with van der Waals surface area (Å²) in [6.45, 7) is 6.14. The van der Waals surface area contributed by atoms with Gasteiger partial charge < -0.3 is 4.74 Å². The summed E-state index contributed by atoms with van der Waals surface area (Å²) >= 11 is 0. The van der Waals surface area contributed by atoms with Gasteiger partial charge in [-0.15, -0.1) is 0 Å². The van der Waals surface area contributed by atoms with Gasteiger partial charge in [-0.3, -0.25) is 0 Å². The van der Waals surface area contributed by atoms with E-state index < -0.39 is 11.6 Å². The second-order valence-electron chi connectivity index (χ2n) is 5.21. The largest absolute Gasteiger partial charge is 0.497 e. The Labute approximate surface area is 111 Å². The number of carbonyl (C=O) groups excluding carboxylic acids is 2. The smallest absolute Gasteiger partial charge is 0.373 e. The van der Waals surface area contributed by atoms with Gasteiger partial charge in [0.1, 0.15) is 17.4 Å². The van der Waals surface area contributed by atoms with Crippen LogP contribution in [0.4, 0.5) is 8.78 Å². The molecule has 0 bridgehead atoms. The zero-order valence-electron chi connectivity index (χ0n) is 11.5. The molecule has 0 aliphatic carbocycles. The number of rotatable bonds is 3. The standard InChI is InChI=1S/C13H18F2O.CO2/c1-13(2,3)6-5-10-11(14)7-9(16-4)8-12(10)15;2-1-3/h7-8H,5-6H2,1-4H3;. The molecule has 1 aromatic rings. The lowest BCUT2D eigenvalue weighted by Crippen LogP contribution is -2.08. The van der Waals surface area contributed by atoms with Gasteiger partial charge in [-0.25, -0.2) is 8.78 Å². The first kappa shape index (κ1) is 17.3. The zero-order chi connectivity index (χ0) is 15.1. The minimum Gasteiger partial charge on any atom is -0.497 e. The Morgan fingerprint density at radius 3 is 1.89 bits per heavy atom. The van der Waals surface area contributed by atoms with E-state index in [2.05, 4.69) is 0 Å². The van der Waals surface area contributed by atoms with Crippen molar-refractivity contribution in [2.24, 2.45) is 5.41 Å². The first-order chi connectivity index (χ1) is 8.75. The maximum Gasteiger partial charge on any atom is 0.373 e. The molecular weight excluding hydrogens is 254 g/mol.